The molecule has 1 aromatic heterocycles. The van der Waals surface area contributed by atoms with Crippen LogP contribution in [0.3, 0.4) is 0 Å². The molecule has 0 aliphatic rings. The fourth-order valence-electron chi connectivity index (χ4n) is 2.37. The molecule has 3 rings (SSSR count). The third-order valence-electron chi connectivity index (χ3n) is 3.72. The van der Waals surface area contributed by atoms with E-state index in [9.17, 15) is 9.90 Å². The first-order valence-corrected chi connectivity index (χ1v) is 11.1. The minimum atomic E-state index is -0.974. The summed E-state index contributed by atoms with van der Waals surface area (Å²) in [4.78, 5) is 11.4. The van der Waals surface area contributed by atoms with Crippen LogP contribution in [0.2, 0.25) is 0 Å². The third-order valence-corrected chi connectivity index (χ3v) is 4.62. The van der Waals surface area contributed by atoms with Crippen molar-refractivity contribution >= 4 is 50.5 Å². The molecule has 0 fully saturated rings. The molecule has 1 heterocycles. The Bertz CT molecular complexity index is 960. The average molecular weight is 413 g/mol. The minimum Gasteiger partial charge on any atom is -0.478 e. The van der Waals surface area contributed by atoms with E-state index in [-0.39, 0.29) is 5.57 Å². The average Bonchev–Trinajstić information content (AvgIpc) is 3.14. The molecule has 0 bridgehead atoms. The lowest BCUT2D eigenvalue weighted by Crippen LogP contribution is -2.01. The van der Waals surface area contributed by atoms with E-state index in [1.54, 1.807) is 29.2 Å². The van der Waals surface area contributed by atoms with Gasteiger partial charge in [-0.3, -0.25) is 0 Å². The van der Waals surface area contributed by atoms with Crippen molar-refractivity contribution in [3.8, 4) is 0 Å². The van der Waals surface area contributed by atoms with Crippen LogP contribution in [0, 0.1) is 0 Å². The van der Waals surface area contributed by atoms with Gasteiger partial charge in [0.1, 0.15) is 0 Å². The molecule has 0 saturated heterocycles. The first-order chi connectivity index (χ1) is 13.5. The number of nitrogens with two attached hydrogens (primary N) is 1. The SMILES string of the molecule is CSC.Nc1ccc(C/C=C\C(=C\Nc2ccc3sccc3c2)C(=O)O)cc1. The topological polar surface area (TPSA) is 75.3 Å². The van der Waals surface area contributed by atoms with Crippen LogP contribution in [-0.4, -0.2) is 23.6 Å². The fourth-order valence-corrected chi connectivity index (χ4v) is 3.15. The number of carboxylic acid groups (broad SMARTS) is 1. The smallest absolute Gasteiger partial charge is 0.337 e. The van der Waals surface area contributed by atoms with E-state index in [0.29, 0.717) is 12.1 Å². The summed E-state index contributed by atoms with van der Waals surface area (Å²) in [5.74, 6) is -0.974. The molecule has 3 aromatic rings. The van der Waals surface area contributed by atoms with Crippen molar-refractivity contribution in [2.45, 2.75) is 6.42 Å². The highest BCUT2D eigenvalue weighted by atomic mass is 32.2. The highest BCUT2D eigenvalue weighted by Gasteiger charge is 2.03. The van der Waals surface area contributed by atoms with Gasteiger partial charge in [-0.1, -0.05) is 18.2 Å². The van der Waals surface area contributed by atoms with E-state index < -0.39 is 5.97 Å². The Hall–Kier alpha value is -2.70. The first kappa shape index (κ1) is 21.6. The van der Waals surface area contributed by atoms with Gasteiger partial charge in [-0.2, -0.15) is 11.8 Å². The molecular formula is C22H24N2O2S2. The van der Waals surface area contributed by atoms with Gasteiger partial charge in [0.2, 0.25) is 0 Å². The monoisotopic (exact) mass is 412 g/mol. The summed E-state index contributed by atoms with van der Waals surface area (Å²) >= 11 is 3.43. The van der Waals surface area contributed by atoms with Crippen LogP contribution in [0.5, 0.6) is 0 Å². The number of aliphatic carboxylic acids is 1. The first-order valence-electron chi connectivity index (χ1n) is 8.62. The summed E-state index contributed by atoms with van der Waals surface area (Å²) in [7, 11) is 0. The number of thioether (sulfide) groups is 1. The van der Waals surface area contributed by atoms with Crippen LogP contribution in [0.4, 0.5) is 11.4 Å². The summed E-state index contributed by atoms with van der Waals surface area (Å²) in [5.41, 5.74) is 8.50. The zero-order valence-electron chi connectivity index (χ0n) is 15.9. The molecule has 4 N–H and O–H groups in total. The number of carboxylic acids is 1. The number of hydrogen-bond acceptors (Lipinski definition) is 5. The molecule has 0 atom stereocenters. The van der Waals surface area contributed by atoms with Crippen LogP contribution in [-0.2, 0) is 11.2 Å². The molecule has 0 saturated carbocycles. The standard InChI is InChI=1S/C20H18N2O2S.C2H6S/c21-17-6-4-14(5-7-17)2-1-3-16(20(23)24)13-22-18-8-9-19-15(12-18)10-11-25-19;1-3-2/h1,3-13,22H,2,21H2,(H,23,24);1-2H3/b3-1-,16-13-;. The number of allylic oxidation sites excluding steroid dienone is 1. The number of nitrogen functional groups attached to an aromatic ring is 1. The van der Waals surface area contributed by atoms with Gasteiger partial charge >= 0.3 is 5.97 Å². The van der Waals surface area contributed by atoms with Crippen molar-refractivity contribution in [1.29, 1.82) is 0 Å². The van der Waals surface area contributed by atoms with Gasteiger partial charge in [-0.25, -0.2) is 4.79 Å². The zero-order chi connectivity index (χ0) is 20.4. The number of fused-ring (bicyclic) bond motifs is 1. The summed E-state index contributed by atoms with van der Waals surface area (Å²) in [6.07, 6.45) is 9.67. The van der Waals surface area contributed by atoms with Gasteiger partial charge in [0.05, 0.1) is 5.57 Å². The van der Waals surface area contributed by atoms with Crippen molar-refractivity contribution in [2.24, 2.45) is 0 Å². The molecule has 146 valence electrons. The molecule has 0 unspecified atom stereocenters. The van der Waals surface area contributed by atoms with Crippen LogP contribution >= 0.6 is 23.1 Å². The Morgan fingerprint density at radius 3 is 2.57 bits per heavy atom. The molecule has 0 amide bonds. The molecule has 6 heteroatoms. The van der Waals surface area contributed by atoms with Gasteiger partial charge in [0.25, 0.3) is 0 Å². The molecule has 0 aliphatic heterocycles. The zero-order valence-corrected chi connectivity index (χ0v) is 17.5. The van der Waals surface area contributed by atoms with E-state index in [0.717, 1.165) is 16.6 Å². The Balaban J connectivity index is 0.000000878. The predicted octanol–water partition coefficient (Wildman–Crippen LogP) is 5.64. The van der Waals surface area contributed by atoms with Crippen molar-refractivity contribution in [1.82, 2.24) is 0 Å². The maximum Gasteiger partial charge on any atom is 0.337 e. The largest absolute Gasteiger partial charge is 0.478 e. The minimum absolute atomic E-state index is 0.195. The van der Waals surface area contributed by atoms with Crippen LogP contribution in [0.25, 0.3) is 10.1 Å². The van der Waals surface area contributed by atoms with E-state index in [2.05, 4.69) is 5.32 Å². The molecule has 0 aliphatic carbocycles. The van der Waals surface area contributed by atoms with Gasteiger partial charge in [0.15, 0.2) is 0 Å². The van der Waals surface area contributed by atoms with Gasteiger partial charge < -0.3 is 16.2 Å². The van der Waals surface area contributed by atoms with Gasteiger partial charge in [-0.15, -0.1) is 11.3 Å². The Labute approximate surface area is 173 Å². The van der Waals surface area contributed by atoms with Crippen LogP contribution < -0.4 is 11.1 Å². The number of anilines is 2. The Morgan fingerprint density at radius 1 is 1.18 bits per heavy atom. The van der Waals surface area contributed by atoms with Gasteiger partial charge in [-0.05, 0) is 77.7 Å². The Kier molecular flexibility index (Phi) is 8.65. The maximum atomic E-state index is 11.4. The van der Waals surface area contributed by atoms with Crippen molar-refractivity contribution in [2.75, 3.05) is 23.6 Å². The summed E-state index contributed by atoms with van der Waals surface area (Å²) in [5, 5.41) is 15.6. The summed E-state index contributed by atoms with van der Waals surface area (Å²) in [6.45, 7) is 0. The number of hydrogen-bond donors (Lipinski definition) is 3. The molecule has 0 spiro atoms. The number of nitrogens with one attached hydrogen (secondary N) is 1. The lowest BCUT2D eigenvalue weighted by Gasteiger charge is -2.03. The highest BCUT2D eigenvalue weighted by molar-refractivity contribution is 7.97. The molecule has 2 aromatic carbocycles. The second-order valence-corrected chi connectivity index (χ2v) is 7.74. The second kappa shape index (κ2) is 11.2. The van der Waals surface area contributed by atoms with E-state index >= 15 is 0 Å². The fraction of sp³-hybridized carbons (Fsp3) is 0.136. The molecule has 4 nitrogen and oxygen atoms in total. The second-order valence-electron chi connectivity index (χ2n) is 5.98. The predicted molar refractivity (Wildman–Crippen MR) is 124 cm³/mol. The third kappa shape index (κ3) is 6.79. The molecule has 28 heavy (non-hydrogen) atoms. The van der Waals surface area contributed by atoms with E-state index in [1.807, 2.05) is 72.5 Å². The summed E-state index contributed by atoms with van der Waals surface area (Å²) < 4.78 is 1.20. The van der Waals surface area contributed by atoms with Crippen molar-refractivity contribution in [3.05, 3.63) is 83.4 Å². The van der Waals surface area contributed by atoms with Gasteiger partial charge in [0, 0.05) is 22.3 Å². The quantitative estimate of drug-likeness (QED) is 0.277. The lowest BCUT2D eigenvalue weighted by molar-refractivity contribution is -0.132. The number of carbonyl (C=O) groups is 1. The number of benzene rings is 2. The molecular weight excluding hydrogens is 388 g/mol. The van der Waals surface area contributed by atoms with E-state index in [1.165, 1.54) is 10.9 Å². The maximum absolute atomic E-state index is 11.4. The van der Waals surface area contributed by atoms with Crippen LogP contribution in [0.1, 0.15) is 5.56 Å². The van der Waals surface area contributed by atoms with E-state index in [4.69, 9.17) is 5.73 Å². The van der Waals surface area contributed by atoms with Crippen LogP contribution in [0.15, 0.2) is 77.8 Å². The highest BCUT2D eigenvalue weighted by Crippen LogP contribution is 2.24. The van der Waals surface area contributed by atoms with Crippen molar-refractivity contribution in [3.63, 3.8) is 0 Å². The number of rotatable bonds is 6. The molecule has 0 radical (unpaired) electrons. The Morgan fingerprint density at radius 2 is 1.89 bits per heavy atom. The normalized spacial score (nSPS) is 11.3. The van der Waals surface area contributed by atoms with Crippen molar-refractivity contribution < 1.29 is 9.90 Å². The lowest BCUT2D eigenvalue weighted by atomic mass is 10.1. The summed E-state index contributed by atoms with van der Waals surface area (Å²) in [6, 6.07) is 15.5. The number of thiophene rings is 1.